The van der Waals surface area contributed by atoms with E-state index in [2.05, 4.69) is 15.3 Å². The van der Waals surface area contributed by atoms with Crippen LogP contribution in [0.2, 0.25) is 5.02 Å². The summed E-state index contributed by atoms with van der Waals surface area (Å²) in [6.07, 6.45) is 1.87. The van der Waals surface area contributed by atoms with Crippen LogP contribution in [0.4, 0.5) is 10.2 Å². The van der Waals surface area contributed by atoms with E-state index in [0.29, 0.717) is 29.7 Å². The smallest absolute Gasteiger partial charge is 0.214 e. The molecule has 1 aromatic carbocycles. The van der Waals surface area contributed by atoms with Crippen LogP contribution < -0.4 is 5.32 Å². The monoisotopic (exact) mass is 358 g/mol. The second kappa shape index (κ2) is 5.54. The van der Waals surface area contributed by atoms with Crippen LogP contribution in [0.5, 0.6) is 0 Å². The summed E-state index contributed by atoms with van der Waals surface area (Å²) in [5.74, 6) is 0.0180. The van der Waals surface area contributed by atoms with E-state index in [1.807, 2.05) is 6.92 Å². The largest absolute Gasteiger partial charge is 0.368 e. The molecule has 1 unspecified atom stereocenters. The summed E-state index contributed by atoms with van der Waals surface area (Å²) in [7, 11) is -1.64. The number of rotatable bonds is 3. The topological polar surface area (TPSA) is 75.2 Å². The highest BCUT2D eigenvalue weighted by molar-refractivity contribution is 7.89. The Kier molecular flexibility index (Phi) is 3.94. The predicted octanol–water partition coefficient (Wildman–Crippen LogP) is 2.26. The number of anilines is 1. The molecule has 0 saturated carbocycles. The van der Waals surface area contributed by atoms with Crippen molar-refractivity contribution in [2.24, 2.45) is 0 Å². The number of aromatic nitrogens is 2. The van der Waals surface area contributed by atoms with Gasteiger partial charge >= 0.3 is 0 Å². The lowest BCUT2D eigenvalue weighted by molar-refractivity contribution is 0.277. The Morgan fingerprint density at radius 1 is 1.43 bits per heavy atom. The number of nitrogens with zero attached hydrogens (tertiary/aromatic N) is 3. The van der Waals surface area contributed by atoms with Gasteiger partial charge in [0.15, 0.2) is 0 Å². The van der Waals surface area contributed by atoms with Crippen molar-refractivity contribution in [3.05, 3.63) is 29.3 Å². The van der Waals surface area contributed by atoms with Crippen molar-refractivity contribution < 1.29 is 12.8 Å². The van der Waals surface area contributed by atoms with Crippen molar-refractivity contribution in [1.29, 1.82) is 0 Å². The van der Waals surface area contributed by atoms with Gasteiger partial charge in [0, 0.05) is 19.0 Å². The van der Waals surface area contributed by atoms with Crippen LogP contribution in [0, 0.1) is 5.82 Å². The van der Waals surface area contributed by atoms with Gasteiger partial charge in [0.25, 0.3) is 0 Å². The molecule has 1 atom stereocenters. The van der Waals surface area contributed by atoms with Crippen LogP contribution in [-0.2, 0) is 10.0 Å². The molecule has 1 aliphatic heterocycles. The van der Waals surface area contributed by atoms with Crippen molar-refractivity contribution in [2.75, 3.05) is 24.7 Å². The lowest BCUT2D eigenvalue weighted by Gasteiger charge is -2.30. The fraction of sp³-hybridized carbons (Fsp3) is 0.429. The highest BCUT2D eigenvalue weighted by Crippen LogP contribution is 2.31. The quantitative estimate of drug-likeness (QED) is 0.910. The van der Waals surface area contributed by atoms with Crippen molar-refractivity contribution >= 4 is 38.3 Å². The molecule has 0 amide bonds. The minimum Gasteiger partial charge on any atom is -0.368 e. The molecule has 2 aromatic rings. The average molecular weight is 359 g/mol. The lowest BCUT2D eigenvalue weighted by Crippen LogP contribution is -2.45. The van der Waals surface area contributed by atoms with Crippen LogP contribution >= 0.6 is 11.6 Å². The Morgan fingerprint density at radius 3 is 2.83 bits per heavy atom. The molecule has 0 spiro atoms. The third-order valence-corrected chi connectivity index (χ3v) is 6.68. The molecule has 1 aromatic heterocycles. The number of benzene rings is 1. The summed E-state index contributed by atoms with van der Waals surface area (Å²) in [6.45, 7) is 2.23. The van der Waals surface area contributed by atoms with E-state index in [4.69, 9.17) is 11.6 Å². The van der Waals surface area contributed by atoms with Gasteiger partial charge in [-0.1, -0.05) is 11.6 Å². The molecule has 0 bridgehead atoms. The maximum absolute atomic E-state index is 13.7. The first kappa shape index (κ1) is 16.4. The first-order valence-electron chi connectivity index (χ1n) is 7.03. The molecular weight excluding hydrogens is 343 g/mol. The Hall–Kier alpha value is -1.51. The normalized spacial score (nSPS) is 24.2. The van der Waals surface area contributed by atoms with Gasteiger partial charge in [-0.05, 0) is 25.5 Å². The standard InChI is InChI=1S/C14H16ClFN4O2S/c1-14(3-4-23(21,22)20(14)2)7-17-13-9-5-11(16)10(15)6-12(9)18-8-19-13/h5-6,8H,3-4,7H2,1-2H3,(H,17,18,19). The molecule has 3 rings (SSSR count). The first-order valence-corrected chi connectivity index (χ1v) is 9.02. The summed E-state index contributed by atoms with van der Waals surface area (Å²) >= 11 is 5.76. The lowest BCUT2D eigenvalue weighted by atomic mass is 9.99. The summed E-state index contributed by atoms with van der Waals surface area (Å²) < 4.78 is 38.9. The molecular formula is C14H16ClFN4O2S. The van der Waals surface area contributed by atoms with E-state index < -0.39 is 21.4 Å². The maximum Gasteiger partial charge on any atom is 0.214 e. The van der Waals surface area contributed by atoms with E-state index in [1.54, 1.807) is 7.05 Å². The van der Waals surface area contributed by atoms with Crippen molar-refractivity contribution in [2.45, 2.75) is 18.9 Å². The van der Waals surface area contributed by atoms with Gasteiger partial charge in [-0.3, -0.25) is 0 Å². The molecule has 9 heteroatoms. The summed E-state index contributed by atoms with van der Waals surface area (Å²) in [6, 6.07) is 2.71. The summed E-state index contributed by atoms with van der Waals surface area (Å²) in [5.41, 5.74) is -0.0346. The maximum atomic E-state index is 13.7. The number of sulfonamides is 1. The van der Waals surface area contributed by atoms with Gasteiger partial charge in [0.2, 0.25) is 10.0 Å². The van der Waals surface area contributed by atoms with Gasteiger partial charge in [-0.2, -0.15) is 4.31 Å². The van der Waals surface area contributed by atoms with E-state index >= 15 is 0 Å². The zero-order valence-electron chi connectivity index (χ0n) is 12.7. The molecule has 23 heavy (non-hydrogen) atoms. The van der Waals surface area contributed by atoms with Crippen LogP contribution in [0.15, 0.2) is 18.5 Å². The highest BCUT2D eigenvalue weighted by atomic mass is 35.5. The van der Waals surface area contributed by atoms with E-state index in [0.717, 1.165) is 0 Å². The molecule has 124 valence electrons. The predicted molar refractivity (Wildman–Crippen MR) is 87.6 cm³/mol. The molecule has 0 radical (unpaired) electrons. The minimum atomic E-state index is -3.21. The van der Waals surface area contributed by atoms with E-state index in [-0.39, 0.29) is 10.8 Å². The first-order chi connectivity index (χ1) is 10.7. The number of hydrogen-bond donors (Lipinski definition) is 1. The molecule has 1 saturated heterocycles. The van der Waals surface area contributed by atoms with Crippen molar-refractivity contribution in [3.8, 4) is 0 Å². The molecule has 2 heterocycles. The van der Waals surface area contributed by atoms with Crippen LogP contribution in [0.1, 0.15) is 13.3 Å². The van der Waals surface area contributed by atoms with E-state index in [9.17, 15) is 12.8 Å². The average Bonchev–Trinajstić information content (AvgIpc) is 2.71. The summed E-state index contributed by atoms with van der Waals surface area (Å²) in [5, 5.41) is 3.62. The Labute approximate surface area is 138 Å². The van der Waals surface area contributed by atoms with Crippen LogP contribution in [-0.4, -0.2) is 47.6 Å². The van der Waals surface area contributed by atoms with Gasteiger partial charge in [-0.25, -0.2) is 22.8 Å². The number of fused-ring (bicyclic) bond motifs is 1. The fourth-order valence-electron chi connectivity index (χ4n) is 2.64. The van der Waals surface area contributed by atoms with Gasteiger partial charge in [-0.15, -0.1) is 0 Å². The minimum absolute atomic E-state index is 0.00395. The third-order valence-electron chi connectivity index (χ3n) is 4.39. The highest BCUT2D eigenvalue weighted by Gasteiger charge is 2.43. The second-order valence-corrected chi connectivity index (χ2v) is 8.42. The number of hydrogen-bond acceptors (Lipinski definition) is 5. The number of nitrogens with one attached hydrogen (secondary N) is 1. The zero-order valence-corrected chi connectivity index (χ0v) is 14.2. The Balaban J connectivity index is 1.90. The molecule has 1 aliphatic rings. The zero-order chi connectivity index (χ0) is 16.8. The molecule has 1 N–H and O–H groups in total. The van der Waals surface area contributed by atoms with Crippen LogP contribution in [0.25, 0.3) is 10.9 Å². The Bertz CT molecular complexity index is 876. The fourth-order valence-corrected chi connectivity index (χ4v) is 4.60. The van der Waals surface area contributed by atoms with Crippen LogP contribution in [0.3, 0.4) is 0 Å². The molecule has 6 nitrogen and oxygen atoms in total. The van der Waals surface area contributed by atoms with E-state index in [1.165, 1.54) is 22.8 Å². The third kappa shape index (κ3) is 2.86. The van der Waals surface area contributed by atoms with Crippen molar-refractivity contribution in [3.63, 3.8) is 0 Å². The SMILES string of the molecule is CN1C(C)(CNc2ncnc3cc(Cl)c(F)cc23)CCS1(=O)=O. The summed E-state index contributed by atoms with van der Waals surface area (Å²) in [4.78, 5) is 8.20. The van der Waals surface area contributed by atoms with Gasteiger partial charge in [0.05, 0.1) is 21.8 Å². The molecule has 0 aliphatic carbocycles. The van der Waals surface area contributed by atoms with Crippen molar-refractivity contribution in [1.82, 2.24) is 14.3 Å². The number of likely N-dealkylation sites (N-methyl/N-ethyl adjacent to an activating group) is 1. The Morgan fingerprint density at radius 2 is 2.17 bits per heavy atom. The van der Waals surface area contributed by atoms with Gasteiger partial charge < -0.3 is 5.32 Å². The molecule has 1 fully saturated rings. The second-order valence-electron chi connectivity index (χ2n) is 5.89. The van der Waals surface area contributed by atoms with Gasteiger partial charge in [0.1, 0.15) is 18.0 Å². The number of halogens is 2.